The fourth-order valence-electron chi connectivity index (χ4n) is 2.32. The van der Waals surface area contributed by atoms with Crippen LogP contribution in [-0.4, -0.2) is 27.6 Å². The van der Waals surface area contributed by atoms with E-state index in [-0.39, 0.29) is 17.9 Å². The Hall–Kier alpha value is -2.47. The number of hydrogen-bond acceptors (Lipinski definition) is 4. The van der Waals surface area contributed by atoms with E-state index < -0.39 is 0 Å². The van der Waals surface area contributed by atoms with Gasteiger partial charge >= 0.3 is 0 Å². The zero-order valence-electron chi connectivity index (χ0n) is 11.5. The number of benzene rings is 1. The van der Waals surface area contributed by atoms with Crippen molar-refractivity contribution in [3.8, 4) is 5.69 Å². The number of piperidine rings is 1. The fraction of sp³-hybridized carbons (Fsp3) is 0.267. The lowest BCUT2D eigenvalue weighted by atomic mass is 10.1. The van der Waals surface area contributed by atoms with Gasteiger partial charge in [-0.25, -0.2) is 4.68 Å². The highest BCUT2D eigenvalue weighted by atomic mass is 16.2. The van der Waals surface area contributed by atoms with E-state index in [2.05, 4.69) is 15.7 Å². The topological polar surface area (TPSA) is 76.0 Å². The summed E-state index contributed by atoms with van der Waals surface area (Å²) in [5.41, 5.74) is 2.07. The quantitative estimate of drug-likeness (QED) is 0.813. The van der Waals surface area contributed by atoms with Crippen LogP contribution in [-0.2, 0) is 16.1 Å². The molecule has 6 heteroatoms. The molecule has 1 aliphatic heterocycles. The van der Waals surface area contributed by atoms with Gasteiger partial charge in [-0.3, -0.25) is 14.9 Å². The predicted octanol–water partition coefficient (Wildman–Crippen LogP) is 0.767. The standard InChI is InChI=1S/C15H16N4O2/c20-14-7-6-13(15(21)18-14)16-10-11-2-4-12(5-3-11)19-9-1-8-17-19/h1-5,8-9,13,16H,6-7,10H2,(H,18,20,21). The number of nitrogens with one attached hydrogen (secondary N) is 2. The molecule has 1 aromatic carbocycles. The molecule has 0 spiro atoms. The second-order valence-corrected chi connectivity index (χ2v) is 5.00. The lowest BCUT2D eigenvalue weighted by molar-refractivity contribution is -0.134. The molecule has 1 aliphatic rings. The van der Waals surface area contributed by atoms with Gasteiger partial charge < -0.3 is 5.32 Å². The number of aromatic nitrogens is 2. The fourth-order valence-corrected chi connectivity index (χ4v) is 2.32. The van der Waals surface area contributed by atoms with Crippen LogP contribution in [0.2, 0.25) is 0 Å². The van der Waals surface area contributed by atoms with Crippen LogP contribution in [0, 0.1) is 0 Å². The van der Waals surface area contributed by atoms with Crippen molar-refractivity contribution in [2.45, 2.75) is 25.4 Å². The van der Waals surface area contributed by atoms with Crippen molar-refractivity contribution in [3.63, 3.8) is 0 Å². The Morgan fingerprint density at radius 1 is 1.29 bits per heavy atom. The van der Waals surface area contributed by atoms with Crippen molar-refractivity contribution in [2.24, 2.45) is 0 Å². The lowest BCUT2D eigenvalue weighted by Crippen LogP contribution is -2.50. The minimum atomic E-state index is -0.298. The summed E-state index contributed by atoms with van der Waals surface area (Å²) in [5, 5.41) is 9.69. The number of amides is 2. The minimum absolute atomic E-state index is 0.193. The normalized spacial score (nSPS) is 18.6. The van der Waals surface area contributed by atoms with E-state index in [0.717, 1.165) is 11.3 Å². The number of rotatable bonds is 4. The van der Waals surface area contributed by atoms with Gasteiger partial charge in [-0.1, -0.05) is 12.1 Å². The molecule has 1 saturated heterocycles. The predicted molar refractivity (Wildman–Crippen MR) is 76.6 cm³/mol. The second kappa shape index (κ2) is 5.88. The molecule has 2 heterocycles. The highest BCUT2D eigenvalue weighted by Gasteiger charge is 2.25. The summed E-state index contributed by atoms with van der Waals surface area (Å²) < 4.78 is 1.79. The summed E-state index contributed by atoms with van der Waals surface area (Å²) in [6.45, 7) is 0.589. The largest absolute Gasteiger partial charge is 0.302 e. The van der Waals surface area contributed by atoms with Crippen LogP contribution in [0.4, 0.5) is 0 Å². The van der Waals surface area contributed by atoms with Crippen molar-refractivity contribution < 1.29 is 9.59 Å². The van der Waals surface area contributed by atoms with E-state index in [4.69, 9.17) is 0 Å². The molecule has 21 heavy (non-hydrogen) atoms. The van der Waals surface area contributed by atoms with Gasteiger partial charge in [-0.2, -0.15) is 5.10 Å². The summed E-state index contributed by atoms with van der Waals surface area (Å²) in [7, 11) is 0. The van der Waals surface area contributed by atoms with Crippen LogP contribution in [0.1, 0.15) is 18.4 Å². The van der Waals surface area contributed by atoms with Crippen LogP contribution >= 0.6 is 0 Å². The summed E-state index contributed by atoms with van der Waals surface area (Å²) in [4.78, 5) is 22.7. The average molecular weight is 284 g/mol. The molecule has 0 saturated carbocycles. The monoisotopic (exact) mass is 284 g/mol. The number of carbonyl (C=O) groups is 2. The Morgan fingerprint density at radius 2 is 2.10 bits per heavy atom. The molecule has 6 nitrogen and oxygen atoms in total. The van der Waals surface area contributed by atoms with E-state index >= 15 is 0 Å². The maximum Gasteiger partial charge on any atom is 0.243 e. The van der Waals surface area contributed by atoms with Crippen molar-refractivity contribution in [3.05, 3.63) is 48.3 Å². The number of hydrogen-bond donors (Lipinski definition) is 2. The Labute approximate surface area is 122 Å². The summed E-state index contributed by atoms with van der Waals surface area (Å²) >= 11 is 0. The Morgan fingerprint density at radius 3 is 2.76 bits per heavy atom. The lowest BCUT2D eigenvalue weighted by Gasteiger charge is -2.21. The molecule has 1 unspecified atom stereocenters. The van der Waals surface area contributed by atoms with Gasteiger partial charge in [0.2, 0.25) is 11.8 Å². The third-order valence-electron chi connectivity index (χ3n) is 3.50. The van der Waals surface area contributed by atoms with E-state index in [1.165, 1.54) is 0 Å². The Balaban J connectivity index is 1.58. The van der Waals surface area contributed by atoms with Crippen LogP contribution in [0.15, 0.2) is 42.7 Å². The van der Waals surface area contributed by atoms with E-state index in [1.807, 2.05) is 36.5 Å². The molecule has 0 aliphatic carbocycles. The molecular weight excluding hydrogens is 268 g/mol. The minimum Gasteiger partial charge on any atom is -0.302 e. The third kappa shape index (κ3) is 3.17. The molecule has 1 atom stereocenters. The zero-order valence-corrected chi connectivity index (χ0v) is 11.5. The van der Waals surface area contributed by atoms with Crippen molar-refractivity contribution in [1.82, 2.24) is 20.4 Å². The van der Waals surface area contributed by atoms with Crippen molar-refractivity contribution in [1.29, 1.82) is 0 Å². The molecule has 1 aromatic heterocycles. The van der Waals surface area contributed by atoms with Gasteiger partial charge in [0.05, 0.1) is 11.7 Å². The van der Waals surface area contributed by atoms with Crippen LogP contribution in [0.5, 0.6) is 0 Å². The summed E-state index contributed by atoms with van der Waals surface area (Å²) in [5.74, 6) is -0.430. The molecule has 1 fully saturated rings. The molecule has 0 bridgehead atoms. The molecule has 2 N–H and O–H groups in total. The second-order valence-electron chi connectivity index (χ2n) is 5.00. The first-order valence-corrected chi connectivity index (χ1v) is 6.88. The van der Waals surface area contributed by atoms with Crippen LogP contribution in [0.25, 0.3) is 5.69 Å². The number of imide groups is 1. The number of nitrogens with zero attached hydrogens (tertiary/aromatic N) is 2. The van der Waals surface area contributed by atoms with E-state index in [1.54, 1.807) is 10.9 Å². The van der Waals surface area contributed by atoms with Gasteiger partial charge in [0.25, 0.3) is 0 Å². The van der Waals surface area contributed by atoms with Gasteiger partial charge in [-0.15, -0.1) is 0 Å². The molecule has 0 radical (unpaired) electrons. The van der Waals surface area contributed by atoms with Gasteiger partial charge in [0.15, 0.2) is 0 Å². The molecule has 108 valence electrons. The maximum atomic E-state index is 11.6. The van der Waals surface area contributed by atoms with Gasteiger partial charge in [0.1, 0.15) is 0 Å². The third-order valence-corrected chi connectivity index (χ3v) is 3.50. The molecular formula is C15H16N4O2. The first kappa shape index (κ1) is 13.5. The zero-order chi connectivity index (χ0) is 14.7. The molecule has 3 rings (SSSR count). The van der Waals surface area contributed by atoms with E-state index in [9.17, 15) is 9.59 Å². The summed E-state index contributed by atoms with van der Waals surface area (Å²) in [6, 6.07) is 9.53. The highest BCUT2D eigenvalue weighted by Crippen LogP contribution is 2.10. The van der Waals surface area contributed by atoms with Crippen LogP contribution < -0.4 is 10.6 Å². The SMILES string of the molecule is O=C1CCC(NCc2ccc(-n3cccn3)cc2)C(=O)N1. The van der Waals surface area contributed by atoms with Gasteiger partial charge in [-0.05, 0) is 30.2 Å². The Kier molecular flexibility index (Phi) is 3.79. The number of carbonyl (C=O) groups excluding carboxylic acids is 2. The first-order chi connectivity index (χ1) is 10.2. The van der Waals surface area contributed by atoms with Gasteiger partial charge in [0, 0.05) is 25.4 Å². The van der Waals surface area contributed by atoms with Crippen molar-refractivity contribution in [2.75, 3.05) is 0 Å². The molecule has 2 amide bonds. The van der Waals surface area contributed by atoms with Crippen LogP contribution in [0.3, 0.4) is 0 Å². The maximum absolute atomic E-state index is 11.6. The van der Waals surface area contributed by atoms with E-state index in [0.29, 0.717) is 19.4 Å². The highest BCUT2D eigenvalue weighted by molar-refractivity contribution is 6.00. The smallest absolute Gasteiger partial charge is 0.243 e. The average Bonchev–Trinajstić information content (AvgIpc) is 3.01. The Bertz CT molecular complexity index is 634. The molecule has 2 aromatic rings. The van der Waals surface area contributed by atoms with Crippen molar-refractivity contribution >= 4 is 11.8 Å². The summed E-state index contributed by atoms with van der Waals surface area (Å²) in [6.07, 6.45) is 4.56. The first-order valence-electron chi connectivity index (χ1n) is 6.88.